The van der Waals surface area contributed by atoms with Gasteiger partial charge in [0, 0.05) is 16.7 Å². The van der Waals surface area contributed by atoms with Crippen molar-refractivity contribution in [2.75, 3.05) is 6.54 Å². The van der Waals surface area contributed by atoms with Crippen molar-refractivity contribution in [3.05, 3.63) is 28.5 Å². The number of hydrogen-bond donors (Lipinski definition) is 2. The molecule has 25 heavy (non-hydrogen) atoms. The summed E-state index contributed by atoms with van der Waals surface area (Å²) in [5.41, 5.74) is -0.338. The number of hydrogen-bond acceptors (Lipinski definition) is 5. The molecular weight excluding hydrogens is 390 g/mol. The summed E-state index contributed by atoms with van der Waals surface area (Å²) in [5, 5.41) is 5.18. The molecule has 0 radical (unpaired) electrons. The summed E-state index contributed by atoms with van der Waals surface area (Å²) < 4.78 is 5.92. The smallest absolute Gasteiger partial charge is 0.407 e. The van der Waals surface area contributed by atoms with Crippen LogP contribution in [0.5, 0.6) is 0 Å². The van der Waals surface area contributed by atoms with E-state index in [0.717, 1.165) is 4.47 Å². The SMILES string of the molecule is CC(NC(=O)OC(C)(C)C)C(C)C(=O)NCC(=O)c1ccc(Br)cn1. The van der Waals surface area contributed by atoms with Gasteiger partial charge in [-0.15, -0.1) is 0 Å². The Morgan fingerprint density at radius 2 is 1.88 bits per heavy atom. The van der Waals surface area contributed by atoms with E-state index in [9.17, 15) is 14.4 Å². The second-order valence-corrected chi connectivity index (χ2v) is 7.64. The molecule has 1 aromatic rings. The first kappa shape index (κ1) is 21.1. The third kappa shape index (κ3) is 7.64. The molecule has 138 valence electrons. The standard InChI is InChI=1S/C17H24BrN3O4/c1-10(11(2)21-16(24)25-17(3,4)5)15(23)20-9-14(22)13-7-6-12(18)8-19-13/h6-8,10-11H,9H2,1-5H3,(H,20,23)(H,21,24). The number of rotatable bonds is 6. The van der Waals surface area contributed by atoms with Gasteiger partial charge in [0.25, 0.3) is 0 Å². The van der Waals surface area contributed by atoms with Gasteiger partial charge in [0.1, 0.15) is 11.3 Å². The van der Waals surface area contributed by atoms with E-state index in [1.54, 1.807) is 46.8 Å². The fraction of sp³-hybridized carbons (Fsp3) is 0.529. The zero-order valence-electron chi connectivity index (χ0n) is 15.1. The van der Waals surface area contributed by atoms with E-state index in [-0.39, 0.29) is 23.9 Å². The van der Waals surface area contributed by atoms with Gasteiger partial charge in [0.2, 0.25) is 5.91 Å². The fourth-order valence-corrected chi connectivity index (χ4v) is 2.04. The number of pyridine rings is 1. The van der Waals surface area contributed by atoms with Crippen LogP contribution in [0.3, 0.4) is 0 Å². The summed E-state index contributed by atoms with van der Waals surface area (Å²) in [5.74, 6) is -1.16. The Bertz CT molecular complexity index is 626. The molecule has 0 saturated carbocycles. The van der Waals surface area contributed by atoms with Gasteiger partial charge in [-0.25, -0.2) is 4.79 Å². The molecule has 0 fully saturated rings. The van der Waals surface area contributed by atoms with E-state index >= 15 is 0 Å². The van der Waals surface area contributed by atoms with Crippen LogP contribution in [0.1, 0.15) is 45.1 Å². The van der Waals surface area contributed by atoms with E-state index in [0.29, 0.717) is 0 Å². The maximum absolute atomic E-state index is 12.2. The second-order valence-electron chi connectivity index (χ2n) is 6.73. The zero-order chi connectivity index (χ0) is 19.2. The molecule has 2 unspecified atom stereocenters. The summed E-state index contributed by atoms with van der Waals surface area (Å²) in [6.07, 6.45) is 0.930. The first-order chi connectivity index (χ1) is 11.5. The molecule has 0 spiro atoms. The number of carbonyl (C=O) groups is 3. The minimum atomic E-state index is -0.612. The summed E-state index contributed by atoms with van der Waals surface area (Å²) in [6, 6.07) is 2.84. The maximum Gasteiger partial charge on any atom is 0.407 e. The van der Waals surface area contributed by atoms with E-state index in [4.69, 9.17) is 4.74 Å². The van der Waals surface area contributed by atoms with Crippen molar-refractivity contribution in [3.63, 3.8) is 0 Å². The number of nitrogens with one attached hydrogen (secondary N) is 2. The molecule has 1 rings (SSSR count). The normalized spacial score (nSPS) is 13.5. The highest BCUT2D eigenvalue weighted by molar-refractivity contribution is 9.10. The molecule has 0 aromatic carbocycles. The number of ether oxygens (including phenoxy) is 1. The number of halogens is 1. The zero-order valence-corrected chi connectivity index (χ0v) is 16.6. The highest BCUT2D eigenvalue weighted by atomic mass is 79.9. The predicted molar refractivity (Wildman–Crippen MR) is 97.3 cm³/mol. The molecule has 0 bridgehead atoms. The third-order valence-corrected chi connectivity index (χ3v) is 3.81. The maximum atomic E-state index is 12.2. The van der Waals surface area contributed by atoms with Crippen LogP contribution in [0.25, 0.3) is 0 Å². The van der Waals surface area contributed by atoms with Gasteiger partial charge in [-0.3, -0.25) is 14.6 Å². The molecule has 0 aliphatic rings. The number of aromatic nitrogens is 1. The first-order valence-electron chi connectivity index (χ1n) is 7.91. The van der Waals surface area contributed by atoms with Gasteiger partial charge in [-0.1, -0.05) is 6.92 Å². The van der Waals surface area contributed by atoms with E-state index in [1.807, 2.05) is 0 Å². The fourth-order valence-electron chi connectivity index (χ4n) is 1.81. The Hall–Kier alpha value is -1.96. The van der Waals surface area contributed by atoms with Crippen molar-refractivity contribution in [2.45, 2.75) is 46.3 Å². The highest BCUT2D eigenvalue weighted by Crippen LogP contribution is 2.10. The topological polar surface area (TPSA) is 97.4 Å². The highest BCUT2D eigenvalue weighted by Gasteiger charge is 2.24. The number of nitrogens with zero attached hydrogens (tertiary/aromatic N) is 1. The van der Waals surface area contributed by atoms with Crippen molar-refractivity contribution >= 4 is 33.7 Å². The van der Waals surface area contributed by atoms with Gasteiger partial charge >= 0.3 is 6.09 Å². The van der Waals surface area contributed by atoms with Crippen LogP contribution in [0.2, 0.25) is 0 Å². The Balaban J connectivity index is 2.49. The van der Waals surface area contributed by atoms with Crippen LogP contribution in [0.4, 0.5) is 4.79 Å². The number of ketones is 1. The lowest BCUT2D eigenvalue weighted by molar-refractivity contribution is -0.124. The molecule has 1 heterocycles. The molecule has 0 aliphatic heterocycles. The molecule has 1 aromatic heterocycles. The molecule has 0 saturated heterocycles. The average molecular weight is 414 g/mol. The largest absolute Gasteiger partial charge is 0.444 e. The summed E-state index contributed by atoms with van der Waals surface area (Å²) in [6.45, 7) is 8.49. The number of carbonyl (C=O) groups excluding carboxylic acids is 3. The van der Waals surface area contributed by atoms with Gasteiger partial charge in [0.05, 0.1) is 12.5 Å². The lowest BCUT2D eigenvalue weighted by Crippen LogP contribution is -2.46. The number of amides is 2. The van der Waals surface area contributed by atoms with Crippen LogP contribution in [0.15, 0.2) is 22.8 Å². The molecule has 2 atom stereocenters. The first-order valence-corrected chi connectivity index (χ1v) is 8.71. The van der Waals surface area contributed by atoms with E-state index < -0.39 is 23.7 Å². The minimum Gasteiger partial charge on any atom is -0.444 e. The van der Waals surface area contributed by atoms with E-state index in [1.165, 1.54) is 6.20 Å². The number of Topliss-reactive ketones (excluding diaryl/α,β-unsaturated/α-hetero) is 1. The van der Waals surface area contributed by atoms with Gasteiger partial charge in [-0.05, 0) is 55.8 Å². The van der Waals surface area contributed by atoms with Crippen molar-refractivity contribution in [2.24, 2.45) is 5.92 Å². The second kappa shape index (κ2) is 8.94. The van der Waals surface area contributed by atoms with Crippen LogP contribution < -0.4 is 10.6 Å². The predicted octanol–water partition coefficient (Wildman–Crippen LogP) is 2.69. The van der Waals surface area contributed by atoms with Crippen LogP contribution in [-0.2, 0) is 9.53 Å². The van der Waals surface area contributed by atoms with E-state index in [2.05, 4.69) is 31.5 Å². The lowest BCUT2D eigenvalue weighted by atomic mass is 10.0. The quantitative estimate of drug-likeness (QED) is 0.698. The van der Waals surface area contributed by atoms with Gasteiger partial charge in [0.15, 0.2) is 5.78 Å². The minimum absolute atomic E-state index is 0.156. The molecule has 0 aliphatic carbocycles. The molecule has 2 N–H and O–H groups in total. The molecule has 2 amide bonds. The Morgan fingerprint density at radius 3 is 2.40 bits per heavy atom. The van der Waals surface area contributed by atoms with Crippen molar-refractivity contribution in [1.82, 2.24) is 15.6 Å². The van der Waals surface area contributed by atoms with Crippen molar-refractivity contribution in [1.29, 1.82) is 0 Å². The van der Waals surface area contributed by atoms with Gasteiger partial charge in [-0.2, -0.15) is 0 Å². The van der Waals surface area contributed by atoms with Crippen LogP contribution in [-0.4, -0.2) is 41.0 Å². The van der Waals surface area contributed by atoms with Crippen LogP contribution in [0, 0.1) is 5.92 Å². The lowest BCUT2D eigenvalue weighted by Gasteiger charge is -2.24. The Kier molecular flexibility index (Phi) is 7.54. The third-order valence-electron chi connectivity index (χ3n) is 3.34. The summed E-state index contributed by atoms with van der Waals surface area (Å²) >= 11 is 3.24. The van der Waals surface area contributed by atoms with Crippen molar-refractivity contribution in [3.8, 4) is 0 Å². The van der Waals surface area contributed by atoms with Crippen molar-refractivity contribution < 1.29 is 19.1 Å². The van der Waals surface area contributed by atoms with Gasteiger partial charge < -0.3 is 15.4 Å². The molecule has 8 heteroatoms. The average Bonchev–Trinajstić information content (AvgIpc) is 2.50. The Labute approximate surface area is 156 Å². The summed E-state index contributed by atoms with van der Waals surface area (Å²) in [4.78, 5) is 39.9. The summed E-state index contributed by atoms with van der Waals surface area (Å²) in [7, 11) is 0. The molecule has 7 nitrogen and oxygen atoms in total. The molecular formula is C17H24BrN3O4. The monoisotopic (exact) mass is 413 g/mol. The Morgan fingerprint density at radius 1 is 1.24 bits per heavy atom. The number of alkyl carbamates (subject to hydrolysis) is 1. The van der Waals surface area contributed by atoms with Crippen LogP contribution >= 0.6 is 15.9 Å².